The smallest absolute Gasteiger partial charge is 0.329 e. The molecule has 0 aromatic heterocycles. The number of amides is 1. The van der Waals surface area contributed by atoms with Gasteiger partial charge in [0.1, 0.15) is 6.04 Å². The van der Waals surface area contributed by atoms with Crippen LogP contribution >= 0.6 is 0 Å². The van der Waals surface area contributed by atoms with Crippen molar-refractivity contribution in [2.45, 2.75) is 24.8 Å². The van der Waals surface area contributed by atoms with Gasteiger partial charge in [-0.1, -0.05) is 48.5 Å². The predicted molar refractivity (Wildman–Crippen MR) is 98.9 cm³/mol. The first-order valence-electron chi connectivity index (χ1n) is 8.69. The molecule has 140 valence electrons. The maximum atomic E-state index is 12.5. The van der Waals surface area contributed by atoms with Crippen LogP contribution in [0.15, 0.2) is 48.5 Å². The number of ether oxygens (including phenoxy) is 2. The van der Waals surface area contributed by atoms with Crippen molar-refractivity contribution in [3.8, 4) is 11.1 Å². The summed E-state index contributed by atoms with van der Waals surface area (Å²) in [6, 6.07) is 14.7. The zero-order valence-electron chi connectivity index (χ0n) is 15.2. The molecule has 1 aliphatic rings. The molecule has 2 aromatic rings. The first-order chi connectivity index (χ1) is 13.1. The van der Waals surface area contributed by atoms with E-state index >= 15 is 0 Å². The van der Waals surface area contributed by atoms with Crippen LogP contribution < -0.4 is 5.32 Å². The molecule has 0 saturated carbocycles. The summed E-state index contributed by atoms with van der Waals surface area (Å²) in [5.74, 6) is -1.76. The molecule has 1 amide bonds. The first-order valence-corrected chi connectivity index (χ1v) is 8.69. The minimum Gasteiger partial charge on any atom is -0.469 e. The Morgan fingerprint density at radius 2 is 1.44 bits per heavy atom. The number of rotatable bonds is 6. The van der Waals surface area contributed by atoms with Gasteiger partial charge < -0.3 is 14.8 Å². The second-order valence-corrected chi connectivity index (χ2v) is 6.30. The van der Waals surface area contributed by atoms with Crippen LogP contribution in [0.4, 0.5) is 0 Å². The van der Waals surface area contributed by atoms with Gasteiger partial charge in [0.15, 0.2) is 0 Å². The summed E-state index contributed by atoms with van der Waals surface area (Å²) in [5, 5.41) is 2.75. The normalized spacial score (nSPS) is 13.3. The van der Waals surface area contributed by atoms with E-state index in [9.17, 15) is 14.4 Å². The Balaban J connectivity index is 1.93. The van der Waals surface area contributed by atoms with E-state index in [1.165, 1.54) is 14.2 Å². The number of hydrogen-bond acceptors (Lipinski definition) is 5. The Bertz CT molecular complexity index is 831. The second-order valence-electron chi connectivity index (χ2n) is 6.30. The van der Waals surface area contributed by atoms with Crippen LogP contribution in [0.3, 0.4) is 0 Å². The minimum absolute atomic E-state index is 0.0476. The Kier molecular flexibility index (Phi) is 5.54. The van der Waals surface area contributed by atoms with Gasteiger partial charge in [0, 0.05) is 12.3 Å². The van der Waals surface area contributed by atoms with Gasteiger partial charge in [-0.05, 0) is 22.3 Å². The maximum Gasteiger partial charge on any atom is 0.329 e. The Morgan fingerprint density at radius 3 is 1.96 bits per heavy atom. The molecule has 0 aliphatic heterocycles. The van der Waals surface area contributed by atoms with Crippen molar-refractivity contribution in [2.75, 3.05) is 14.2 Å². The van der Waals surface area contributed by atoms with Crippen LogP contribution in [0.2, 0.25) is 0 Å². The molecule has 0 spiro atoms. The zero-order valence-corrected chi connectivity index (χ0v) is 15.2. The standard InChI is InChI=1S/C21H21NO5/c1-26-18(24)12-11-17(23)22-20(21(25)27-2)19-15-9-5-3-7-13(15)14-8-4-6-10-16(14)19/h3-10,19-20H,11-12H2,1-2H3,(H,22,23)/t20-/m0/s1. The van der Waals surface area contributed by atoms with Gasteiger partial charge in [-0.2, -0.15) is 0 Å². The van der Waals surface area contributed by atoms with E-state index < -0.39 is 23.9 Å². The predicted octanol–water partition coefficient (Wildman–Crippen LogP) is 2.41. The summed E-state index contributed by atoms with van der Waals surface area (Å²) >= 11 is 0. The lowest BCUT2D eigenvalue weighted by Crippen LogP contribution is -2.45. The lowest BCUT2D eigenvalue weighted by molar-refractivity contribution is -0.145. The minimum atomic E-state index is -0.884. The quantitative estimate of drug-likeness (QED) is 0.793. The molecular weight excluding hydrogens is 346 g/mol. The third-order valence-corrected chi connectivity index (χ3v) is 4.77. The van der Waals surface area contributed by atoms with Crippen LogP contribution in [0, 0.1) is 0 Å². The van der Waals surface area contributed by atoms with Gasteiger partial charge in [0.2, 0.25) is 5.91 Å². The van der Waals surface area contributed by atoms with E-state index in [-0.39, 0.29) is 18.8 Å². The lowest BCUT2D eigenvalue weighted by atomic mass is 9.89. The summed E-state index contributed by atoms with van der Waals surface area (Å²) < 4.78 is 9.51. The van der Waals surface area contributed by atoms with E-state index in [2.05, 4.69) is 10.1 Å². The van der Waals surface area contributed by atoms with E-state index in [1.807, 2.05) is 48.5 Å². The molecule has 0 unspecified atom stereocenters. The Labute approximate surface area is 157 Å². The van der Waals surface area contributed by atoms with Gasteiger partial charge >= 0.3 is 11.9 Å². The third kappa shape index (κ3) is 3.69. The molecular formula is C21H21NO5. The van der Waals surface area contributed by atoms with Crippen molar-refractivity contribution in [3.05, 3.63) is 59.7 Å². The van der Waals surface area contributed by atoms with Crippen molar-refractivity contribution in [2.24, 2.45) is 0 Å². The largest absolute Gasteiger partial charge is 0.469 e. The molecule has 2 aromatic carbocycles. The molecule has 1 atom stereocenters. The third-order valence-electron chi connectivity index (χ3n) is 4.77. The number of methoxy groups -OCH3 is 2. The SMILES string of the molecule is COC(=O)CCC(=O)N[C@H](C(=O)OC)C1c2ccccc2-c2ccccc21. The van der Waals surface area contributed by atoms with Gasteiger partial charge in [0.05, 0.1) is 20.6 Å². The molecule has 27 heavy (non-hydrogen) atoms. The van der Waals surface area contributed by atoms with Crippen LogP contribution in [0.1, 0.15) is 29.9 Å². The number of nitrogens with one attached hydrogen (secondary N) is 1. The van der Waals surface area contributed by atoms with Crippen molar-refractivity contribution in [1.82, 2.24) is 5.32 Å². The van der Waals surface area contributed by atoms with Crippen molar-refractivity contribution < 1.29 is 23.9 Å². The number of benzene rings is 2. The monoisotopic (exact) mass is 367 g/mol. The van der Waals surface area contributed by atoms with Gasteiger partial charge in [-0.25, -0.2) is 4.79 Å². The summed E-state index contributed by atoms with van der Waals surface area (Å²) in [6.45, 7) is 0. The van der Waals surface area contributed by atoms with E-state index in [4.69, 9.17) is 4.74 Å². The molecule has 0 fully saturated rings. The fraction of sp³-hybridized carbons (Fsp3) is 0.286. The summed E-state index contributed by atoms with van der Waals surface area (Å²) in [5.41, 5.74) is 4.00. The number of fused-ring (bicyclic) bond motifs is 3. The van der Waals surface area contributed by atoms with Crippen LogP contribution in [-0.2, 0) is 23.9 Å². The van der Waals surface area contributed by atoms with Gasteiger partial charge in [0.25, 0.3) is 0 Å². The number of hydrogen-bond donors (Lipinski definition) is 1. The molecule has 6 nitrogen and oxygen atoms in total. The summed E-state index contributed by atoms with van der Waals surface area (Å²) in [6.07, 6.45) is -0.107. The highest BCUT2D eigenvalue weighted by Crippen LogP contribution is 2.46. The number of carbonyl (C=O) groups is 3. The maximum absolute atomic E-state index is 12.5. The topological polar surface area (TPSA) is 81.7 Å². The van der Waals surface area contributed by atoms with Gasteiger partial charge in [-0.3, -0.25) is 9.59 Å². The second kappa shape index (κ2) is 8.03. The zero-order chi connectivity index (χ0) is 19.4. The highest BCUT2D eigenvalue weighted by molar-refractivity contribution is 5.90. The van der Waals surface area contributed by atoms with Crippen molar-refractivity contribution >= 4 is 17.8 Å². The Morgan fingerprint density at radius 1 is 0.889 bits per heavy atom. The molecule has 1 N–H and O–H groups in total. The molecule has 0 radical (unpaired) electrons. The molecule has 0 heterocycles. The van der Waals surface area contributed by atoms with E-state index in [0.29, 0.717) is 0 Å². The van der Waals surface area contributed by atoms with E-state index in [0.717, 1.165) is 22.3 Å². The number of esters is 2. The Hall–Kier alpha value is -3.15. The highest BCUT2D eigenvalue weighted by Gasteiger charge is 2.39. The van der Waals surface area contributed by atoms with E-state index in [1.54, 1.807) is 0 Å². The highest BCUT2D eigenvalue weighted by atomic mass is 16.5. The average molecular weight is 367 g/mol. The van der Waals surface area contributed by atoms with Crippen LogP contribution in [-0.4, -0.2) is 38.1 Å². The van der Waals surface area contributed by atoms with Crippen LogP contribution in [0.25, 0.3) is 11.1 Å². The summed E-state index contributed by atoms with van der Waals surface area (Å²) in [7, 11) is 2.56. The van der Waals surface area contributed by atoms with Crippen molar-refractivity contribution in [1.29, 1.82) is 0 Å². The lowest BCUT2D eigenvalue weighted by Gasteiger charge is -2.24. The van der Waals surface area contributed by atoms with Gasteiger partial charge in [-0.15, -0.1) is 0 Å². The molecule has 0 saturated heterocycles. The van der Waals surface area contributed by atoms with Crippen LogP contribution in [0.5, 0.6) is 0 Å². The summed E-state index contributed by atoms with van der Waals surface area (Å²) in [4.78, 5) is 36.1. The molecule has 0 bridgehead atoms. The van der Waals surface area contributed by atoms with Crippen molar-refractivity contribution in [3.63, 3.8) is 0 Å². The molecule has 3 rings (SSSR count). The molecule has 1 aliphatic carbocycles. The average Bonchev–Trinajstić information content (AvgIpc) is 3.04. The number of carbonyl (C=O) groups excluding carboxylic acids is 3. The first kappa shape index (κ1) is 18.6. The molecule has 6 heteroatoms. The fourth-order valence-electron chi connectivity index (χ4n) is 3.52. The fourth-order valence-corrected chi connectivity index (χ4v) is 3.52.